The first-order valence-electron chi connectivity index (χ1n) is 5.37. The molecule has 0 aromatic rings. The number of carboxylic acids is 2. The standard InChI is InChI=1S/C6H14N2.2C2H4O2.2ClH.Pt/c7-5-3-1-2-4-6(5)8;2*1-2(3)4;;;/h5-6H,1-4,7-8H2;2*1H3,(H,3,4);2*1H;/q;;;;;+4/p-4/t5-,6-;;;;;/m1...../s1. The number of carbonyl (C=O) groups is 2. The van der Waals surface area contributed by atoms with Crippen molar-refractivity contribution in [3.63, 3.8) is 0 Å². The van der Waals surface area contributed by atoms with Crippen molar-refractivity contribution in [1.82, 2.24) is 0 Å². The summed E-state index contributed by atoms with van der Waals surface area (Å²) in [6.07, 6.45) is 4.80. The van der Waals surface area contributed by atoms with Crippen LogP contribution in [0.2, 0.25) is 0 Å². The van der Waals surface area contributed by atoms with E-state index in [1.807, 2.05) is 0 Å². The van der Waals surface area contributed by atoms with E-state index < -0.39 is 28.4 Å². The van der Waals surface area contributed by atoms with Crippen LogP contribution in [0.5, 0.6) is 0 Å². The van der Waals surface area contributed by atoms with Crippen LogP contribution < -0.4 is 21.7 Å². The van der Waals surface area contributed by atoms with E-state index in [1.165, 1.54) is 12.8 Å². The van der Waals surface area contributed by atoms with Crippen LogP contribution in [0.15, 0.2) is 0 Å². The molecule has 118 valence electrons. The minimum atomic E-state index is -1.08. The van der Waals surface area contributed by atoms with Crippen molar-refractivity contribution in [1.29, 1.82) is 0 Å². The van der Waals surface area contributed by atoms with Gasteiger partial charge in [-0.3, -0.25) is 0 Å². The van der Waals surface area contributed by atoms with Gasteiger partial charge in [-0.05, 0) is 26.7 Å². The zero-order valence-electron chi connectivity index (χ0n) is 10.8. The summed E-state index contributed by atoms with van der Waals surface area (Å²) in [4.78, 5) is 17.8. The summed E-state index contributed by atoms with van der Waals surface area (Å²) in [5, 5.41) is 17.8. The Morgan fingerprint density at radius 1 is 1.00 bits per heavy atom. The molecule has 1 saturated carbocycles. The van der Waals surface area contributed by atoms with Gasteiger partial charge in [0.15, 0.2) is 0 Å². The zero-order valence-corrected chi connectivity index (χ0v) is 14.6. The van der Waals surface area contributed by atoms with Crippen molar-refractivity contribution in [3.05, 3.63) is 0 Å². The van der Waals surface area contributed by atoms with E-state index in [9.17, 15) is 0 Å². The molecule has 1 aliphatic rings. The van der Waals surface area contributed by atoms with Gasteiger partial charge in [0, 0.05) is 24.0 Å². The fraction of sp³-hybridized carbons (Fsp3) is 0.800. The third kappa shape index (κ3) is 38.1. The summed E-state index contributed by atoms with van der Waals surface area (Å²) >= 11 is -0.472. The first-order chi connectivity index (χ1) is 8.68. The van der Waals surface area contributed by atoms with Crippen LogP contribution in [-0.4, -0.2) is 24.0 Å². The predicted octanol–water partition coefficient (Wildman–Crippen LogP) is -0.896. The molecule has 0 heterocycles. The fourth-order valence-electron chi connectivity index (χ4n) is 1.19. The first kappa shape index (κ1) is 24.2. The van der Waals surface area contributed by atoms with Gasteiger partial charge >= 0.3 is 35.3 Å². The Labute approximate surface area is 130 Å². The van der Waals surface area contributed by atoms with Crippen LogP contribution in [0, 0.1) is 0 Å². The molecule has 9 heteroatoms. The molecule has 1 aliphatic carbocycles. The molecular formula is C10H20Cl2N2O4Pt. The van der Waals surface area contributed by atoms with E-state index in [-0.39, 0.29) is 12.1 Å². The quantitative estimate of drug-likeness (QED) is 0.445. The Balaban J connectivity index is -0.000000200. The molecule has 0 radical (unpaired) electrons. The van der Waals surface area contributed by atoms with Crippen LogP contribution in [-0.2, 0) is 26.1 Å². The molecule has 0 aromatic carbocycles. The molecule has 0 aliphatic heterocycles. The van der Waals surface area contributed by atoms with Gasteiger partial charge in [-0.2, -0.15) is 0 Å². The van der Waals surface area contributed by atoms with Gasteiger partial charge in [-0.15, -0.1) is 0 Å². The molecule has 0 amide bonds. The van der Waals surface area contributed by atoms with Crippen molar-refractivity contribution in [2.24, 2.45) is 11.5 Å². The van der Waals surface area contributed by atoms with Gasteiger partial charge in [0.1, 0.15) is 0 Å². The fourth-order valence-corrected chi connectivity index (χ4v) is 1.19. The van der Waals surface area contributed by atoms with Gasteiger partial charge in [-0.1, -0.05) is 12.8 Å². The number of nitrogens with two attached hydrogens (primary N) is 2. The SMILES string of the molecule is CC(=O)[O-].CC(=O)[O-].N[C@@H]1CCCC[C@H]1N.[Cl][Pt+2][Cl]. The van der Waals surface area contributed by atoms with E-state index in [4.69, 9.17) is 50.1 Å². The normalized spacial score (nSPS) is 20.5. The average Bonchev–Trinajstić information content (AvgIpc) is 2.22. The van der Waals surface area contributed by atoms with Gasteiger partial charge < -0.3 is 31.3 Å². The molecule has 0 aromatic heterocycles. The summed E-state index contributed by atoms with van der Waals surface area (Å²) in [5.41, 5.74) is 11.3. The maximum absolute atomic E-state index is 8.89. The molecule has 2 atom stereocenters. The third-order valence-electron chi connectivity index (χ3n) is 1.87. The van der Waals surface area contributed by atoms with Crippen molar-refractivity contribution in [2.45, 2.75) is 51.6 Å². The van der Waals surface area contributed by atoms with Crippen molar-refractivity contribution >= 4 is 30.8 Å². The number of hydrogen-bond acceptors (Lipinski definition) is 6. The molecule has 1 fully saturated rings. The van der Waals surface area contributed by atoms with Crippen molar-refractivity contribution in [2.75, 3.05) is 0 Å². The topological polar surface area (TPSA) is 132 Å². The second-order valence-electron chi connectivity index (χ2n) is 3.64. The molecule has 0 spiro atoms. The second-order valence-corrected chi connectivity index (χ2v) is 6.92. The number of carboxylic acid groups (broad SMARTS) is 2. The number of rotatable bonds is 0. The molecule has 0 unspecified atom stereocenters. The summed E-state index contributed by atoms with van der Waals surface area (Å²) < 4.78 is 0. The summed E-state index contributed by atoms with van der Waals surface area (Å²) in [6.45, 7) is 1.94. The molecule has 0 saturated heterocycles. The van der Waals surface area contributed by atoms with Crippen LogP contribution in [0.1, 0.15) is 39.5 Å². The maximum atomic E-state index is 8.89. The molecule has 6 nitrogen and oxygen atoms in total. The third-order valence-corrected chi connectivity index (χ3v) is 1.87. The molecule has 19 heavy (non-hydrogen) atoms. The summed E-state index contributed by atoms with van der Waals surface area (Å²) in [6, 6.07) is 0.562. The first-order valence-corrected chi connectivity index (χ1v) is 11.0. The minimum absolute atomic E-state index is 0.281. The zero-order chi connectivity index (χ0) is 15.8. The van der Waals surface area contributed by atoms with Crippen LogP contribution in [0.4, 0.5) is 0 Å². The van der Waals surface area contributed by atoms with E-state index in [0.717, 1.165) is 26.7 Å². The van der Waals surface area contributed by atoms with Crippen LogP contribution in [0.3, 0.4) is 0 Å². The second kappa shape index (κ2) is 18.1. The number of aliphatic carboxylic acids is 2. The van der Waals surface area contributed by atoms with Gasteiger partial charge in [0.25, 0.3) is 0 Å². The van der Waals surface area contributed by atoms with Gasteiger partial charge in [0.05, 0.1) is 0 Å². The Kier molecular flexibility index (Phi) is 23.1. The van der Waals surface area contributed by atoms with E-state index in [2.05, 4.69) is 0 Å². The molecular weight excluding hydrogens is 478 g/mol. The van der Waals surface area contributed by atoms with E-state index in [1.54, 1.807) is 0 Å². The monoisotopic (exact) mass is 497 g/mol. The van der Waals surface area contributed by atoms with Crippen molar-refractivity contribution < 1.29 is 36.3 Å². The number of hydrogen-bond donors (Lipinski definition) is 2. The summed E-state index contributed by atoms with van der Waals surface area (Å²) in [7, 11) is 9.75. The average molecular weight is 498 g/mol. The molecule has 0 bridgehead atoms. The van der Waals surface area contributed by atoms with Crippen LogP contribution in [0.25, 0.3) is 0 Å². The Morgan fingerprint density at radius 2 is 1.16 bits per heavy atom. The van der Waals surface area contributed by atoms with Gasteiger partial charge in [-0.25, -0.2) is 0 Å². The number of halogens is 2. The van der Waals surface area contributed by atoms with Gasteiger partial charge in [0.2, 0.25) is 0 Å². The Morgan fingerprint density at radius 3 is 1.26 bits per heavy atom. The summed E-state index contributed by atoms with van der Waals surface area (Å²) in [5.74, 6) is -2.17. The van der Waals surface area contributed by atoms with Crippen LogP contribution >= 0.6 is 18.8 Å². The Hall–Kier alpha value is 0.128. The van der Waals surface area contributed by atoms with E-state index >= 15 is 0 Å². The van der Waals surface area contributed by atoms with Crippen molar-refractivity contribution in [3.8, 4) is 0 Å². The predicted molar refractivity (Wildman–Crippen MR) is 67.5 cm³/mol. The molecule has 4 N–H and O–H groups in total. The van der Waals surface area contributed by atoms with E-state index in [0.29, 0.717) is 0 Å². The Bertz CT molecular complexity index is 206. The number of carbonyl (C=O) groups excluding carboxylic acids is 2. The molecule has 1 rings (SSSR count).